The van der Waals surface area contributed by atoms with Gasteiger partial charge in [-0.25, -0.2) is 4.68 Å². The van der Waals surface area contributed by atoms with Crippen LogP contribution < -0.4 is 5.56 Å². The summed E-state index contributed by atoms with van der Waals surface area (Å²) in [5, 5.41) is 3.85. The molecular formula is C17H15ClN2O. The fraction of sp³-hybridized carbons (Fsp3) is 0.118. The number of aromatic nitrogens is 2. The number of nitrogens with one attached hydrogen (secondary N) is 1. The maximum absolute atomic E-state index is 12.4. The van der Waals surface area contributed by atoms with E-state index in [1.807, 2.05) is 61.5 Å². The molecule has 0 bridgehead atoms. The highest BCUT2D eigenvalue weighted by Crippen LogP contribution is 2.20. The van der Waals surface area contributed by atoms with Gasteiger partial charge in [0.1, 0.15) is 0 Å². The molecule has 1 aromatic heterocycles. The average molecular weight is 299 g/mol. The zero-order chi connectivity index (χ0) is 14.8. The molecule has 0 atom stereocenters. The smallest absolute Gasteiger partial charge is 0.270 e. The maximum atomic E-state index is 12.4. The standard InChI is InChI=1S/C17H15ClN2O/c1-12-16(13-7-3-2-4-8-13)19-20(17(12)21)11-14-9-5-6-10-15(14)18/h2-10,19H,11H2,1H3. The number of benzene rings is 2. The van der Waals surface area contributed by atoms with Crippen molar-refractivity contribution >= 4 is 11.6 Å². The van der Waals surface area contributed by atoms with Crippen LogP contribution in [0.2, 0.25) is 5.02 Å². The Hall–Kier alpha value is -2.26. The summed E-state index contributed by atoms with van der Waals surface area (Å²) >= 11 is 6.16. The monoisotopic (exact) mass is 298 g/mol. The molecule has 1 N–H and O–H groups in total. The van der Waals surface area contributed by atoms with Crippen molar-refractivity contribution in [2.75, 3.05) is 0 Å². The molecule has 3 rings (SSSR count). The topological polar surface area (TPSA) is 37.8 Å². The molecule has 0 saturated carbocycles. The Morgan fingerprint density at radius 3 is 2.43 bits per heavy atom. The number of hydrogen-bond donors (Lipinski definition) is 1. The molecule has 0 fully saturated rings. The second-order valence-corrected chi connectivity index (χ2v) is 5.37. The Labute approximate surface area is 127 Å². The Morgan fingerprint density at radius 2 is 1.71 bits per heavy atom. The summed E-state index contributed by atoms with van der Waals surface area (Å²) in [5.41, 5.74) is 3.47. The molecule has 0 spiro atoms. The van der Waals surface area contributed by atoms with Crippen LogP contribution in [0.5, 0.6) is 0 Å². The lowest BCUT2D eigenvalue weighted by Gasteiger charge is -2.04. The van der Waals surface area contributed by atoms with E-state index in [4.69, 9.17) is 11.6 Å². The van der Waals surface area contributed by atoms with Crippen LogP contribution in [0, 0.1) is 6.92 Å². The lowest BCUT2D eigenvalue weighted by molar-refractivity contribution is 0.665. The highest BCUT2D eigenvalue weighted by atomic mass is 35.5. The minimum atomic E-state index is -0.0197. The van der Waals surface area contributed by atoms with Gasteiger partial charge in [-0.15, -0.1) is 0 Å². The summed E-state index contributed by atoms with van der Waals surface area (Å²) in [7, 11) is 0. The van der Waals surface area contributed by atoms with Gasteiger partial charge in [0.2, 0.25) is 0 Å². The van der Waals surface area contributed by atoms with Gasteiger partial charge in [-0.05, 0) is 24.1 Å². The summed E-state index contributed by atoms with van der Waals surface area (Å²) in [6.07, 6.45) is 0. The molecule has 0 aliphatic heterocycles. The molecule has 0 radical (unpaired) electrons. The van der Waals surface area contributed by atoms with E-state index in [1.165, 1.54) is 0 Å². The van der Waals surface area contributed by atoms with Gasteiger partial charge < -0.3 is 0 Å². The van der Waals surface area contributed by atoms with Crippen molar-refractivity contribution in [1.29, 1.82) is 0 Å². The minimum Gasteiger partial charge on any atom is -0.294 e. The summed E-state index contributed by atoms with van der Waals surface area (Å²) in [6, 6.07) is 17.4. The number of nitrogens with zero attached hydrogens (tertiary/aromatic N) is 1. The zero-order valence-electron chi connectivity index (χ0n) is 11.6. The fourth-order valence-corrected chi connectivity index (χ4v) is 2.57. The first-order chi connectivity index (χ1) is 10.2. The lowest BCUT2D eigenvalue weighted by atomic mass is 10.1. The molecule has 106 valence electrons. The van der Waals surface area contributed by atoms with Crippen molar-refractivity contribution in [3.63, 3.8) is 0 Å². The highest BCUT2D eigenvalue weighted by Gasteiger charge is 2.12. The molecular weight excluding hydrogens is 284 g/mol. The van der Waals surface area contributed by atoms with Crippen molar-refractivity contribution < 1.29 is 0 Å². The molecule has 0 unspecified atom stereocenters. The molecule has 3 nitrogen and oxygen atoms in total. The molecule has 21 heavy (non-hydrogen) atoms. The van der Waals surface area contributed by atoms with E-state index in [2.05, 4.69) is 5.10 Å². The Balaban J connectivity index is 2.02. The zero-order valence-corrected chi connectivity index (χ0v) is 12.4. The van der Waals surface area contributed by atoms with Crippen LogP contribution in [0.3, 0.4) is 0 Å². The maximum Gasteiger partial charge on any atom is 0.270 e. The third kappa shape index (κ3) is 2.65. The summed E-state index contributed by atoms with van der Waals surface area (Å²) in [6.45, 7) is 2.27. The van der Waals surface area contributed by atoms with Crippen LogP contribution >= 0.6 is 11.6 Å². The minimum absolute atomic E-state index is 0.0197. The first kappa shape index (κ1) is 13.7. The number of hydrogen-bond acceptors (Lipinski definition) is 1. The Kier molecular flexibility index (Phi) is 3.67. The van der Waals surface area contributed by atoms with Gasteiger partial charge in [-0.2, -0.15) is 0 Å². The van der Waals surface area contributed by atoms with E-state index in [0.717, 1.165) is 16.8 Å². The van der Waals surface area contributed by atoms with Gasteiger partial charge in [0.25, 0.3) is 5.56 Å². The predicted molar refractivity (Wildman–Crippen MR) is 85.8 cm³/mol. The largest absolute Gasteiger partial charge is 0.294 e. The van der Waals surface area contributed by atoms with Crippen LogP contribution in [0.15, 0.2) is 59.4 Å². The molecule has 0 amide bonds. The fourth-order valence-electron chi connectivity index (χ4n) is 2.37. The van der Waals surface area contributed by atoms with Crippen LogP contribution in [0.4, 0.5) is 0 Å². The van der Waals surface area contributed by atoms with Crippen LogP contribution in [0.1, 0.15) is 11.1 Å². The van der Waals surface area contributed by atoms with Crippen molar-refractivity contribution in [1.82, 2.24) is 9.78 Å². The third-order valence-corrected chi connectivity index (χ3v) is 3.91. The van der Waals surface area contributed by atoms with Crippen molar-refractivity contribution in [3.05, 3.63) is 81.1 Å². The molecule has 3 aromatic rings. The van der Waals surface area contributed by atoms with Gasteiger partial charge >= 0.3 is 0 Å². The first-order valence-corrected chi connectivity index (χ1v) is 7.13. The number of H-pyrrole nitrogens is 1. The Bertz CT molecular complexity index is 818. The quantitative estimate of drug-likeness (QED) is 0.783. The van der Waals surface area contributed by atoms with E-state index in [0.29, 0.717) is 17.1 Å². The average Bonchev–Trinajstić information content (AvgIpc) is 2.79. The van der Waals surface area contributed by atoms with Crippen LogP contribution in [-0.4, -0.2) is 9.78 Å². The van der Waals surface area contributed by atoms with Crippen molar-refractivity contribution in [2.24, 2.45) is 0 Å². The molecule has 0 aliphatic carbocycles. The third-order valence-electron chi connectivity index (χ3n) is 3.54. The second-order valence-electron chi connectivity index (χ2n) is 4.96. The summed E-state index contributed by atoms with van der Waals surface area (Å²) in [4.78, 5) is 12.4. The highest BCUT2D eigenvalue weighted by molar-refractivity contribution is 6.31. The lowest BCUT2D eigenvalue weighted by Crippen LogP contribution is -2.18. The van der Waals surface area contributed by atoms with E-state index >= 15 is 0 Å². The Morgan fingerprint density at radius 1 is 1.05 bits per heavy atom. The number of aromatic amines is 1. The molecule has 4 heteroatoms. The van der Waals surface area contributed by atoms with Gasteiger partial charge in [-0.1, -0.05) is 60.1 Å². The van der Waals surface area contributed by atoms with Crippen molar-refractivity contribution in [2.45, 2.75) is 13.5 Å². The molecule has 1 heterocycles. The number of halogens is 1. The van der Waals surface area contributed by atoms with Crippen molar-refractivity contribution in [3.8, 4) is 11.3 Å². The number of rotatable bonds is 3. The molecule has 0 saturated heterocycles. The van der Waals surface area contributed by atoms with Gasteiger partial charge in [0, 0.05) is 10.6 Å². The van der Waals surface area contributed by atoms with Gasteiger partial charge in [-0.3, -0.25) is 9.89 Å². The van der Waals surface area contributed by atoms with Gasteiger partial charge in [0.15, 0.2) is 0 Å². The van der Waals surface area contributed by atoms with Crippen LogP contribution in [0.25, 0.3) is 11.3 Å². The van der Waals surface area contributed by atoms with E-state index in [1.54, 1.807) is 4.68 Å². The first-order valence-electron chi connectivity index (χ1n) is 6.75. The van der Waals surface area contributed by atoms with E-state index in [9.17, 15) is 4.79 Å². The van der Waals surface area contributed by atoms with Crippen LogP contribution in [-0.2, 0) is 6.54 Å². The molecule has 2 aromatic carbocycles. The van der Waals surface area contributed by atoms with E-state index < -0.39 is 0 Å². The summed E-state index contributed by atoms with van der Waals surface area (Å²) < 4.78 is 1.60. The van der Waals surface area contributed by atoms with E-state index in [-0.39, 0.29) is 5.56 Å². The second kappa shape index (κ2) is 5.62. The van der Waals surface area contributed by atoms with Gasteiger partial charge in [0.05, 0.1) is 12.2 Å². The summed E-state index contributed by atoms with van der Waals surface area (Å²) in [5.74, 6) is 0. The SMILES string of the molecule is Cc1c(-c2ccccc2)[nH]n(Cc2ccccc2Cl)c1=O. The normalized spacial score (nSPS) is 10.8. The predicted octanol–water partition coefficient (Wildman–Crippen LogP) is 3.85. The molecule has 0 aliphatic rings.